The summed E-state index contributed by atoms with van der Waals surface area (Å²) in [5.74, 6) is 0.681. The Morgan fingerprint density at radius 1 is 1.23 bits per heavy atom. The Kier molecular flexibility index (Phi) is 11.8. The molecule has 0 aliphatic heterocycles. The highest BCUT2D eigenvalue weighted by molar-refractivity contribution is 7.98. The Balaban J connectivity index is 0. The molecule has 0 aliphatic carbocycles. The molecule has 0 radical (unpaired) electrons. The molecule has 1 rings (SSSR count). The highest BCUT2D eigenvalue weighted by Crippen LogP contribution is 2.29. The molecule has 1 heterocycles. The van der Waals surface area contributed by atoms with Gasteiger partial charge >= 0.3 is 0 Å². The Hall–Kier alpha value is -1.29. The number of thioether (sulfide) groups is 1. The lowest BCUT2D eigenvalue weighted by molar-refractivity contribution is 0.179. The fourth-order valence-corrected chi connectivity index (χ4v) is 1.98. The molecule has 0 fully saturated rings. The van der Waals surface area contributed by atoms with Crippen molar-refractivity contribution < 1.29 is 4.74 Å². The first-order valence-corrected chi connectivity index (χ1v) is 8.95. The van der Waals surface area contributed by atoms with Crippen LogP contribution in [0.4, 0.5) is 0 Å². The van der Waals surface area contributed by atoms with E-state index in [1.54, 1.807) is 24.9 Å². The summed E-state index contributed by atoms with van der Waals surface area (Å²) in [4.78, 5) is 5.42. The molecule has 3 nitrogen and oxygen atoms in total. The van der Waals surface area contributed by atoms with Crippen molar-refractivity contribution in [3.63, 3.8) is 0 Å². The van der Waals surface area contributed by atoms with Gasteiger partial charge < -0.3 is 10.1 Å². The molecule has 0 bridgehead atoms. The Morgan fingerprint density at radius 3 is 2.09 bits per heavy atom. The molecule has 0 saturated carbocycles. The van der Waals surface area contributed by atoms with Crippen LogP contribution in [-0.2, 0) is 0 Å². The van der Waals surface area contributed by atoms with Crippen LogP contribution in [0.3, 0.4) is 0 Å². The SMILES string of the molecule is C=C(C)c1ncc(OC(C)(C)C(C)=N)cc1SC.CC.CC. The third kappa shape index (κ3) is 7.12. The number of hydrogen-bond acceptors (Lipinski definition) is 4. The maximum atomic E-state index is 7.69. The molecule has 0 amide bonds. The number of allylic oxidation sites excluding steroid dienone is 1. The molecular weight excluding hydrogens is 292 g/mol. The molecule has 0 spiro atoms. The van der Waals surface area contributed by atoms with Gasteiger partial charge in [-0.25, -0.2) is 0 Å². The zero-order valence-corrected chi connectivity index (χ0v) is 16.4. The van der Waals surface area contributed by atoms with Crippen LogP contribution in [0.5, 0.6) is 5.75 Å². The van der Waals surface area contributed by atoms with E-state index in [-0.39, 0.29) is 0 Å². The second kappa shape index (κ2) is 11.3. The van der Waals surface area contributed by atoms with E-state index in [1.807, 2.05) is 60.8 Å². The smallest absolute Gasteiger partial charge is 0.140 e. The Morgan fingerprint density at radius 2 is 1.73 bits per heavy atom. The normalized spacial score (nSPS) is 9.68. The van der Waals surface area contributed by atoms with Crippen LogP contribution < -0.4 is 4.74 Å². The topological polar surface area (TPSA) is 46.0 Å². The number of hydrogen-bond donors (Lipinski definition) is 1. The van der Waals surface area contributed by atoms with Gasteiger partial charge in [0.05, 0.1) is 11.9 Å². The Bertz CT molecular complexity index is 482. The van der Waals surface area contributed by atoms with E-state index < -0.39 is 5.60 Å². The summed E-state index contributed by atoms with van der Waals surface area (Å²) in [7, 11) is 0. The quantitative estimate of drug-likeness (QED) is 0.527. The zero-order chi connectivity index (χ0) is 17.9. The van der Waals surface area contributed by atoms with Crippen molar-refractivity contribution in [1.29, 1.82) is 5.41 Å². The molecular formula is C18H32N2OS. The molecule has 0 saturated heterocycles. The monoisotopic (exact) mass is 324 g/mol. The summed E-state index contributed by atoms with van der Waals surface area (Å²) in [6.45, 7) is 19.3. The molecule has 0 atom stereocenters. The molecule has 0 aliphatic rings. The van der Waals surface area contributed by atoms with E-state index in [2.05, 4.69) is 11.6 Å². The second-order valence-corrected chi connectivity index (χ2v) is 5.59. The minimum Gasteiger partial charge on any atom is -0.480 e. The average molecular weight is 325 g/mol. The van der Waals surface area contributed by atoms with E-state index in [1.165, 1.54) is 0 Å². The third-order valence-corrected chi connectivity index (χ3v) is 3.48. The van der Waals surface area contributed by atoms with E-state index in [0.29, 0.717) is 11.5 Å². The first-order chi connectivity index (χ1) is 10.3. The van der Waals surface area contributed by atoms with Gasteiger partial charge in [0.25, 0.3) is 0 Å². The number of ether oxygens (including phenoxy) is 1. The van der Waals surface area contributed by atoms with Crippen LogP contribution in [0.1, 0.15) is 61.1 Å². The van der Waals surface area contributed by atoms with E-state index in [9.17, 15) is 0 Å². The van der Waals surface area contributed by atoms with E-state index in [4.69, 9.17) is 10.1 Å². The van der Waals surface area contributed by atoms with E-state index >= 15 is 0 Å². The molecule has 4 heteroatoms. The van der Waals surface area contributed by atoms with Gasteiger partial charge in [0.2, 0.25) is 0 Å². The summed E-state index contributed by atoms with van der Waals surface area (Å²) < 4.78 is 5.81. The third-order valence-electron chi connectivity index (χ3n) is 2.73. The van der Waals surface area contributed by atoms with Crippen LogP contribution in [-0.4, -0.2) is 22.6 Å². The van der Waals surface area contributed by atoms with Crippen molar-refractivity contribution in [2.75, 3.05) is 6.26 Å². The van der Waals surface area contributed by atoms with Gasteiger partial charge in [0.15, 0.2) is 0 Å². The lowest BCUT2D eigenvalue weighted by atomic mass is 10.0. The first-order valence-electron chi connectivity index (χ1n) is 7.72. The van der Waals surface area contributed by atoms with Gasteiger partial charge in [-0.2, -0.15) is 0 Å². The fraction of sp³-hybridized carbons (Fsp3) is 0.556. The number of nitrogens with zero attached hydrogens (tertiary/aromatic N) is 1. The van der Waals surface area contributed by atoms with Crippen molar-refractivity contribution in [3.8, 4) is 5.75 Å². The summed E-state index contributed by atoms with van der Waals surface area (Å²) in [6.07, 6.45) is 3.69. The van der Waals surface area contributed by atoms with Crippen LogP contribution in [0, 0.1) is 5.41 Å². The number of pyridine rings is 1. The molecule has 0 aromatic carbocycles. The maximum absolute atomic E-state index is 7.69. The van der Waals surface area contributed by atoms with Crippen LogP contribution >= 0.6 is 11.8 Å². The molecule has 0 unspecified atom stereocenters. The van der Waals surface area contributed by atoms with Crippen molar-refractivity contribution >= 4 is 23.0 Å². The van der Waals surface area contributed by atoms with Gasteiger partial charge in [0, 0.05) is 10.6 Å². The highest BCUT2D eigenvalue weighted by Gasteiger charge is 2.23. The summed E-state index contributed by atoms with van der Waals surface area (Å²) >= 11 is 1.62. The van der Waals surface area contributed by atoms with Crippen LogP contribution in [0.25, 0.3) is 5.57 Å². The van der Waals surface area contributed by atoms with Gasteiger partial charge in [-0.3, -0.25) is 4.98 Å². The van der Waals surface area contributed by atoms with Gasteiger partial charge in [0.1, 0.15) is 11.4 Å². The molecule has 22 heavy (non-hydrogen) atoms. The van der Waals surface area contributed by atoms with Crippen LogP contribution in [0.2, 0.25) is 0 Å². The number of aromatic nitrogens is 1. The molecule has 1 N–H and O–H groups in total. The number of nitrogens with one attached hydrogen (secondary N) is 1. The lowest BCUT2D eigenvalue weighted by Gasteiger charge is -2.25. The predicted molar refractivity (Wildman–Crippen MR) is 102 cm³/mol. The maximum Gasteiger partial charge on any atom is 0.140 e. The Labute approximate surface area is 141 Å². The van der Waals surface area contributed by atoms with Crippen molar-refractivity contribution in [2.45, 2.75) is 65.9 Å². The van der Waals surface area contributed by atoms with Gasteiger partial charge in [-0.05, 0) is 45.6 Å². The average Bonchev–Trinajstić information content (AvgIpc) is 2.50. The highest BCUT2D eigenvalue weighted by atomic mass is 32.2. The fourth-order valence-electron chi connectivity index (χ4n) is 1.33. The van der Waals surface area contributed by atoms with Gasteiger partial charge in [-0.1, -0.05) is 34.3 Å². The van der Waals surface area contributed by atoms with Crippen molar-refractivity contribution in [1.82, 2.24) is 4.98 Å². The zero-order valence-electron chi connectivity index (χ0n) is 15.6. The van der Waals surface area contributed by atoms with Crippen LogP contribution in [0.15, 0.2) is 23.7 Å². The van der Waals surface area contributed by atoms with Crippen molar-refractivity contribution in [2.24, 2.45) is 0 Å². The number of rotatable bonds is 5. The molecule has 1 aromatic rings. The predicted octanol–water partition coefficient (Wildman–Crippen LogP) is 6.09. The molecule has 1 aromatic heterocycles. The minimum absolute atomic E-state index is 0.483. The van der Waals surface area contributed by atoms with Gasteiger partial charge in [-0.15, -0.1) is 11.8 Å². The lowest BCUT2D eigenvalue weighted by Crippen LogP contribution is -2.35. The van der Waals surface area contributed by atoms with Crippen molar-refractivity contribution in [3.05, 3.63) is 24.5 Å². The molecule has 126 valence electrons. The minimum atomic E-state index is -0.609. The van der Waals surface area contributed by atoms with E-state index in [0.717, 1.165) is 16.2 Å². The first kappa shape index (κ1) is 23.0. The standard InChI is InChI=1S/C14H20N2OS.2C2H6/c1-9(2)13-12(18-6)7-11(8-16-13)17-14(4,5)10(3)15;2*1-2/h7-8,15H,1H2,2-6H3;2*1-2H3. The summed E-state index contributed by atoms with van der Waals surface area (Å²) in [6, 6.07) is 1.95. The largest absolute Gasteiger partial charge is 0.480 e. The summed E-state index contributed by atoms with van der Waals surface area (Å²) in [5.41, 5.74) is 1.71. The second-order valence-electron chi connectivity index (χ2n) is 4.74. The summed E-state index contributed by atoms with van der Waals surface area (Å²) in [5, 5.41) is 7.69.